The molecule has 188 valence electrons. The van der Waals surface area contributed by atoms with Gasteiger partial charge in [-0.15, -0.1) is 0 Å². The lowest BCUT2D eigenvalue weighted by atomic mass is 9.95. The number of phenols is 1. The third-order valence-electron chi connectivity index (χ3n) is 5.82. The molecule has 0 aliphatic carbocycles. The fourth-order valence-electron chi connectivity index (χ4n) is 4.06. The van der Waals surface area contributed by atoms with Crippen molar-refractivity contribution in [1.82, 2.24) is 4.57 Å². The number of fused-ring (bicyclic) bond motifs is 1. The summed E-state index contributed by atoms with van der Waals surface area (Å²) in [6, 6.07) is 10.3. The van der Waals surface area contributed by atoms with E-state index in [0.717, 1.165) is 11.3 Å². The molecule has 0 fully saturated rings. The third-order valence-corrected chi connectivity index (χ3v) is 7.26. The Kier molecular flexibility index (Phi) is 7.37. The van der Waals surface area contributed by atoms with Crippen molar-refractivity contribution in [2.45, 2.75) is 19.9 Å². The molecule has 36 heavy (non-hydrogen) atoms. The standard InChI is InChI=1S/C26H26BrN3O5S/c1-6-35-25(33)21-14(2)28-26-30(22(21)15-7-9-18(10-8-15)29(3)4)24(32)20(36-26)12-16-11-17(27)13-19(34-5)23(16)31/h7-13,22,31H,6H2,1-5H3/b20-12+/t22-/m0/s1. The molecule has 0 spiro atoms. The Morgan fingerprint density at radius 1 is 1.28 bits per heavy atom. The van der Waals surface area contributed by atoms with Gasteiger partial charge in [-0.3, -0.25) is 9.36 Å². The lowest BCUT2D eigenvalue weighted by Crippen LogP contribution is -2.39. The molecule has 1 atom stereocenters. The van der Waals surface area contributed by atoms with Crippen LogP contribution in [0.15, 0.2) is 61.9 Å². The van der Waals surface area contributed by atoms with Crippen molar-refractivity contribution in [2.24, 2.45) is 4.99 Å². The minimum Gasteiger partial charge on any atom is -0.504 e. The molecule has 1 aromatic heterocycles. The smallest absolute Gasteiger partial charge is 0.338 e. The van der Waals surface area contributed by atoms with Crippen LogP contribution in [0.5, 0.6) is 11.5 Å². The van der Waals surface area contributed by atoms with Crippen molar-refractivity contribution in [3.63, 3.8) is 0 Å². The second-order valence-corrected chi connectivity index (χ2v) is 10.3. The van der Waals surface area contributed by atoms with Crippen molar-refractivity contribution in [2.75, 3.05) is 32.7 Å². The predicted octanol–water partition coefficient (Wildman–Crippen LogP) is 3.34. The van der Waals surface area contributed by atoms with E-state index in [1.165, 1.54) is 23.0 Å². The summed E-state index contributed by atoms with van der Waals surface area (Å²) in [6.07, 6.45) is 1.60. The van der Waals surface area contributed by atoms with Crippen LogP contribution in [0.2, 0.25) is 0 Å². The van der Waals surface area contributed by atoms with Gasteiger partial charge >= 0.3 is 5.97 Å². The van der Waals surface area contributed by atoms with E-state index < -0.39 is 12.0 Å². The number of aromatic nitrogens is 1. The molecule has 0 bridgehead atoms. The number of ether oxygens (including phenoxy) is 2. The molecule has 1 N–H and O–H groups in total. The minimum absolute atomic E-state index is 0.0780. The number of anilines is 1. The molecule has 8 nitrogen and oxygen atoms in total. The average molecular weight is 572 g/mol. The van der Waals surface area contributed by atoms with Crippen molar-refractivity contribution in [3.8, 4) is 11.5 Å². The number of esters is 1. The van der Waals surface area contributed by atoms with E-state index >= 15 is 0 Å². The van der Waals surface area contributed by atoms with Gasteiger partial charge in [-0.05, 0) is 49.8 Å². The van der Waals surface area contributed by atoms with Crippen LogP contribution < -0.4 is 24.5 Å². The summed E-state index contributed by atoms with van der Waals surface area (Å²) in [5, 5.41) is 10.6. The van der Waals surface area contributed by atoms with Crippen LogP contribution in [-0.2, 0) is 9.53 Å². The van der Waals surface area contributed by atoms with Gasteiger partial charge in [0, 0.05) is 29.8 Å². The van der Waals surface area contributed by atoms with Crippen LogP contribution in [0.25, 0.3) is 6.08 Å². The monoisotopic (exact) mass is 571 g/mol. The maximum atomic E-state index is 13.7. The maximum Gasteiger partial charge on any atom is 0.338 e. The molecule has 2 heterocycles. The average Bonchev–Trinajstić information content (AvgIpc) is 3.14. The molecule has 0 amide bonds. The Bertz CT molecular complexity index is 1540. The SMILES string of the molecule is CCOC(=O)C1=C(C)N=c2s/c(=C/c3cc(Br)cc(OC)c3O)c(=O)n2[C@H]1c1ccc(N(C)C)cc1. The first-order valence-electron chi connectivity index (χ1n) is 11.2. The van der Waals surface area contributed by atoms with E-state index in [4.69, 9.17) is 9.47 Å². The highest BCUT2D eigenvalue weighted by Gasteiger charge is 2.33. The van der Waals surface area contributed by atoms with Gasteiger partial charge < -0.3 is 19.5 Å². The number of halogens is 1. The third kappa shape index (κ3) is 4.70. The molecule has 1 aliphatic rings. The number of hydrogen-bond donors (Lipinski definition) is 1. The number of hydrogen-bond acceptors (Lipinski definition) is 8. The van der Waals surface area contributed by atoms with Crippen LogP contribution >= 0.6 is 27.3 Å². The topological polar surface area (TPSA) is 93.4 Å². The van der Waals surface area contributed by atoms with Gasteiger partial charge in [0.15, 0.2) is 16.3 Å². The summed E-state index contributed by atoms with van der Waals surface area (Å²) in [7, 11) is 5.34. The van der Waals surface area contributed by atoms with Crippen LogP contribution in [0.4, 0.5) is 5.69 Å². The summed E-state index contributed by atoms with van der Waals surface area (Å²) in [5.41, 5.74) is 2.66. The van der Waals surface area contributed by atoms with E-state index in [0.29, 0.717) is 30.6 Å². The number of carbonyl (C=O) groups is 1. The van der Waals surface area contributed by atoms with E-state index in [1.807, 2.05) is 43.3 Å². The number of nitrogens with zero attached hydrogens (tertiary/aromatic N) is 3. The van der Waals surface area contributed by atoms with Gasteiger partial charge in [0.1, 0.15) is 0 Å². The second-order valence-electron chi connectivity index (χ2n) is 8.33. The van der Waals surface area contributed by atoms with Crippen molar-refractivity contribution in [3.05, 3.63) is 83.0 Å². The van der Waals surface area contributed by atoms with Crippen molar-refractivity contribution < 1.29 is 19.4 Å². The molecular weight excluding hydrogens is 546 g/mol. The highest BCUT2D eigenvalue weighted by atomic mass is 79.9. The fraction of sp³-hybridized carbons (Fsp3) is 0.269. The number of methoxy groups -OCH3 is 1. The zero-order valence-corrected chi connectivity index (χ0v) is 22.9. The van der Waals surface area contributed by atoms with Gasteiger partial charge in [-0.25, -0.2) is 9.79 Å². The number of carbonyl (C=O) groups excluding carboxylic acids is 1. The van der Waals surface area contributed by atoms with Gasteiger partial charge in [0.05, 0.1) is 35.6 Å². The Morgan fingerprint density at radius 3 is 2.58 bits per heavy atom. The Hall–Kier alpha value is -3.37. The van der Waals surface area contributed by atoms with Crippen LogP contribution in [-0.4, -0.2) is 43.5 Å². The molecule has 10 heteroatoms. The summed E-state index contributed by atoms with van der Waals surface area (Å²) in [6.45, 7) is 3.69. The number of phenolic OH excluding ortho intramolecular Hbond substituents is 1. The zero-order chi connectivity index (χ0) is 26.1. The quantitative estimate of drug-likeness (QED) is 0.456. The Morgan fingerprint density at radius 2 is 1.97 bits per heavy atom. The molecule has 0 saturated heterocycles. The van der Waals surface area contributed by atoms with Gasteiger partial charge in [0.25, 0.3) is 5.56 Å². The molecule has 1 aliphatic heterocycles. The summed E-state index contributed by atoms with van der Waals surface area (Å²) >= 11 is 4.60. The molecule has 4 rings (SSSR count). The molecule has 0 saturated carbocycles. The first-order valence-corrected chi connectivity index (χ1v) is 12.8. The summed E-state index contributed by atoms with van der Waals surface area (Å²) < 4.78 is 13.1. The molecular formula is C26H26BrN3O5S. The van der Waals surface area contributed by atoms with Crippen LogP contribution in [0.3, 0.4) is 0 Å². The summed E-state index contributed by atoms with van der Waals surface area (Å²) in [4.78, 5) is 33.8. The first-order chi connectivity index (χ1) is 17.2. The van der Waals surface area contributed by atoms with Crippen LogP contribution in [0, 0.1) is 0 Å². The zero-order valence-electron chi connectivity index (χ0n) is 20.5. The van der Waals surface area contributed by atoms with Crippen molar-refractivity contribution in [1.29, 1.82) is 0 Å². The normalized spacial score (nSPS) is 15.4. The minimum atomic E-state index is -0.704. The number of rotatable bonds is 6. The van der Waals surface area contributed by atoms with E-state index in [1.54, 1.807) is 32.1 Å². The number of thiazole rings is 1. The van der Waals surface area contributed by atoms with Gasteiger partial charge in [-0.1, -0.05) is 39.4 Å². The predicted molar refractivity (Wildman–Crippen MR) is 144 cm³/mol. The highest BCUT2D eigenvalue weighted by Crippen LogP contribution is 2.34. The largest absolute Gasteiger partial charge is 0.504 e. The van der Waals surface area contributed by atoms with Gasteiger partial charge in [-0.2, -0.15) is 0 Å². The molecule has 0 unspecified atom stereocenters. The first kappa shape index (κ1) is 25.7. The number of aromatic hydroxyl groups is 1. The lowest BCUT2D eigenvalue weighted by Gasteiger charge is -2.25. The number of benzene rings is 2. The fourth-order valence-corrected chi connectivity index (χ4v) is 5.55. The Balaban J connectivity index is 1.96. The van der Waals surface area contributed by atoms with Crippen molar-refractivity contribution >= 4 is 45.0 Å². The molecule has 0 radical (unpaired) electrons. The Labute approximate surface area is 220 Å². The second kappa shape index (κ2) is 10.3. The molecule has 2 aromatic carbocycles. The summed E-state index contributed by atoms with van der Waals surface area (Å²) in [5.74, 6) is -0.308. The lowest BCUT2D eigenvalue weighted by molar-refractivity contribution is -0.139. The van der Waals surface area contributed by atoms with Gasteiger partial charge in [0.2, 0.25) is 0 Å². The van der Waals surface area contributed by atoms with E-state index in [2.05, 4.69) is 20.9 Å². The molecule has 3 aromatic rings. The maximum absolute atomic E-state index is 13.7. The van der Waals surface area contributed by atoms with Crippen LogP contribution in [0.1, 0.15) is 31.0 Å². The van der Waals surface area contributed by atoms with E-state index in [-0.39, 0.29) is 23.7 Å². The van der Waals surface area contributed by atoms with E-state index in [9.17, 15) is 14.7 Å². The number of allylic oxidation sites excluding steroid dienone is 1. The highest BCUT2D eigenvalue weighted by molar-refractivity contribution is 9.10.